The fourth-order valence-corrected chi connectivity index (χ4v) is 8.75. The van der Waals surface area contributed by atoms with E-state index in [0.717, 1.165) is 66.5 Å². The van der Waals surface area contributed by atoms with E-state index in [2.05, 4.69) is 162 Å². The molecule has 12 rings (SSSR count). The van der Waals surface area contributed by atoms with Gasteiger partial charge in [0, 0.05) is 38.2 Å². The fourth-order valence-electron chi connectivity index (χ4n) is 8.75. The zero-order valence-electron chi connectivity index (χ0n) is 32.3. The van der Waals surface area contributed by atoms with E-state index in [1.807, 2.05) is 48.5 Å². The van der Waals surface area contributed by atoms with Crippen molar-refractivity contribution in [1.82, 2.24) is 19.5 Å². The van der Waals surface area contributed by atoms with E-state index in [1.54, 1.807) is 0 Å². The summed E-state index contributed by atoms with van der Waals surface area (Å²) in [6.07, 6.45) is 0. The van der Waals surface area contributed by atoms with Crippen LogP contribution in [-0.2, 0) is 0 Å². The quantitative estimate of drug-likeness (QED) is 0.169. The Labute approximate surface area is 345 Å². The average Bonchev–Trinajstić information content (AvgIpc) is 3.87. The van der Waals surface area contributed by atoms with E-state index in [-0.39, 0.29) is 0 Å². The molecule has 5 nitrogen and oxygen atoms in total. The molecule has 0 aliphatic heterocycles. The third-order valence-electron chi connectivity index (χ3n) is 11.6. The first-order valence-corrected chi connectivity index (χ1v) is 20.2. The first kappa shape index (κ1) is 33.9. The van der Waals surface area contributed by atoms with Gasteiger partial charge in [0.15, 0.2) is 23.1 Å². The molecule has 0 saturated carbocycles. The molecule has 9 aromatic carbocycles. The molecule has 0 unspecified atom stereocenters. The van der Waals surface area contributed by atoms with Crippen molar-refractivity contribution in [3.63, 3.8) is 0 Å². The zero-order chi connectivity index (χ0) is 39.6. The van der Waals surface area contributed by atoms with Crippen LogP contribution in [0.2, 0.25) is 0 Å². The predicted molar refractivity (Wildman–Crippen MR) is 246 cm³/mol. The van der Waals surface area contributed by atoms with Crippen LogP contribution < -0.4 is 0 Å². The lowest BCUT2D eigenvalue weighted by Crippen LogP contribution is -2.00. The van der Waals surface area contributed by atoms with Gasteiger partial charge in [-0.2, -0.15) is 0 Å². The van der Waals surface area contributed by atoms with Crippen molar-refractivity contribution >= 4 is 54.5 Å². The maximum Gasteiger partial charge on any atom is 0.164 e. The minimum absolute atomic E-state index is 0.585. The third-order valence-corrected chi connectivity index (χ3v) is 11.6. The van der Waals surface area contributed by atoms with Crippen LogP contribution in [-0.4, -0.2) is 19.5 Å². The number of nitrogens with zero attached hydrogens (tertiary/aromatic N) is 4. The van der Waals surface area contributed by atoms with Crippen molar-refractivity contribution in [1.29, 1.82) is 0 Å². The maximum absolute atomic E-state index is 6.94. The Hall–Kier alpha value is -8.15. The predicted octanol–water partition coefficient (Wildman–Crippen LogP) is 14.4. The van der Waals surface area contributed by atoms with Gasteiger partial charge < -0.3 is 8.98 Å². The Kier molecular flexibility index (Phi) is 7.78. The highest BCUT2D eigenvalue weighted by atomic mass is 16.3. The fraction of sp³-hybridized carbons (Fsp3) is 0. The van der Waals surface area contributed by atoms with E-state index < -0.39 is 0 Å². The summed E-state index contributed by atoms with van der Waals surface area (Å²) < 4.78 is 9.31. The van der Waals surface area contributed by atoms with Crippen LogP contribution in [0, 0.1) is 0 Å². The summed E-state index contributed by atoms with van der Waals surface area (Å²) >= 11 is 0. The van der Waals surface area contributed by atoms with E-state index >= 15 is 0 Å². The normalized spacial score (nSPS) is 11.7. The van der Waals surface area contributed by atoms with Crippen molar-refractivity contribution in [3.05, 3.63) is 206 Å². The molecule has 0 radical (unpaired) electrons. The Morgan fingerprint density at radius 2 is 0.883 bits per heavy atom. The van der Waals surface area contributed by atoms with Gasteiger partial charge in [-0.15, -0.1) is 0 Å². The number of benzene rings is 9. The van der Waals surface area contributed by atoms with Gasteiger partial charge in [0.05, 0.1) is 16.7 Å². The summed E-state index contributed by atoms with van der Waals surface area (Å²) in [5.74, 6) is 1.80. The highest BCUT2D eigenvalue weighted by Crippen LogP contribution is 2.42. The summed E-state index contributed by atoms with van der Waals surface area (Å²) in [4.78, 5) is 15.4. The minimum atomic E-state index is 0.585. The number of aromatic nitrogens is 4. The van der Waals surface area contributed by atoms with Crippen LogP contribution in [0.25, 0.3) is 117 Å². The second kappa shape index (κ2) is 13.8. The summed E-state index contributed by atoms with van der Waals surface area (Å²) in [7, 11) is 0. The molecule has 3 aromatic heterocycles. The van der Waals surface area contributed by atoms with E-state index in [9.17, 15) is 0 Å². The van der Waals surface area contributed by atoms with Crippen LogP contribution >= 0.6 is 0 Å². The molecule has 0 saturated heterocycles. The third kappa shape index (κ3) is 5.59. The largest absolute Gasteiger partial charge is 0.454 e. The van der Waals surface area contributed by atoms with Gasteiger partial charge in [-0.05, 0) is 69.4 Å². The molecule has 0 amide bonds. The molecule has 0 fully saturated rings. The number of furan rings is 1. The lowest BCUT2D eigenvalue weighted by molar-refractivity contribution is 0.666. The zero-order valence-corrected chi connectivity index (χ0v) is 32.3. The number of rotatable bonds is 6. The highest BCUT2D eigenvalue weighted by Gasteiger charge is 2.22. The summed E-state index contributed by atoms with van der Waals surface area (Å²) in [5.41, 5.74) is 12.1. The average molecular weight is 767 g/mol. The van der Waals surface area contributed by atoms with Gasteiger partial charge in [-0.1, -0.05) is 170 Å². The first-order valence-electron chi connectivity index (χ1n) is 20.2. The second-order valence-electron chi connectivity index (χ2n) is 15.2. The SMILES string of the molecule is c1ccc(-c2ccc(-c3nc(-c4ccccc4)nc(-c4cccc5oc6c(-n7c8ccc(-c9ccccc9)cc8c8cc9ccccc9cc87)cccc6c45)n3)cc2)cc1. The Bertz CT molecular complexity index is 3570. The van der Waals surface area contributed by atoms with Crippen LogP contribution in [0.5, 0.6) is 0 Å². The van der Waals surface area contributed by atoms with Gasteiger partial charge in [0.25, 0.3) is 0 Å². The Morgan fingerprint density at radius 1 is 0.350 bits per heavy atom. The van der Waals surface area contributed by atoms with E-state index in [1.165, 1.54) is 32.7 Å². The molecular formula is C55H34N4O. The molecule has 0 N–H and O–H groups in total. The first-order chi connectivity index (χ1) is 29.7. The molecule has 0 spiro atoms. The van der Waals surface area contributed by atoms with Crippen LogP contribution in [0.3, 0.4) is 0 Å². The van der Waals surface area contributed by atoms with E-state index in [0.29, 0.717) is 17.5 Å². The second-order valence-corrected chi connectivity index (χ2v) is 15.2. The highest BCUT2D eigenvalue weighted by molar-refractivity contribution is 6.17. The molecule has 0 aliphatic rings. The standard InChI is InChI=1S/C55H34N4O/c1-4-14-35(15-5-1)37-26-28-39(29-27-37)54-56-53(38-18-8-3-9-19-38)57-55(58-54)44-23-13-25-50-51(44)43-22-12-24-48(52(43)60-50)59-47-31-30-42(36-16-6-2-7-17-36)33-45(47)46-32-40-20-10-11-21-41(40)34-49(46)59/h1-34H. The number of para-hydroxylation sites is 1. The lowest BCUT2D eigenvalue weighted by Gasteiger charge is -2.10. The summed E-state index contributed by atoms with van der Waals surface area (Å²) in [5, 5.41) is 6.73. The van der Waals surface area contributed by atoms with Gasteiger partial charge in [0.1, 0.15) is 5.58 Å². The molecule has 280 valence electrons. The van der Waals surface area contributed by atoms with Crippen LogP contribution in [0.15, 0.2) is 211 Å². The van der Waals surface area contributed by atoms with Crippen LogP contribution in [0.4, 0.5) is 0 Å². The number of hydrogen-bond donors (Lipinski definition) is 0. The Morgan fingerprint density at radius 3 is 1.60 bits per heavy atom. The van der Waals surface area contributed by atoms with Gasteiger partial charge >= 0.3 is 0 Å². The molecule has 12 aromatic rings. The molecule has 0 atom stereocenters. The van der Waals surface area contributed by atoms with Crippen molar-refractivity contribution in [2.45, 2.75) is 0 Å². The lowest BCUT2D eigenvalue weighted by atomic mass is 10.0. The van der Waals surface area contributed by atoms with E-state index in [4.69, 9.17) is 19.4 Å². The minimum Gasteiger partial charge on any atom is -0.454 e. The monoisotopic (exact) mass is 766 g/mol. The summed E-state index contributed by atoms with van der Waals surface area (Å²) in [6, 6.07) is 72.1. The summed E-state index contributed by atoms with van der Waals surface area (Å²) in [6.45, 7) is 0. The number of fused-ring (bicyclic) bond motifs is 7. The Balaban J connectivity index is 1.07. The molecular weight excluding hydrogens is 733 g/mol. The van der Waals surface area contributed by atoms with Gasteiger partial charge in [-0.3, -0.25) is 0 Å². The van der Waals surface area contributed by atoms with Crippen molar-refractivity contribution in [2.24, 2.45) is 0 Å². The molecule has 60 heavy (non-hydrogen) atoms. The maximum atomic E-state index is 6.94. The van der Waals surface area contributed by atoms with Crippen molar-refractivity contribution in [3.8, 4) is 62.1 Å². The molecule has 0 aliphatic carbocycles. The van der Waals surface area contributed by atoms with Gasteiger partial charge in [-0.25, -0.2) is 15.0 Å². The number of hydrogen-bond acceptors (Lipinski definition) is 4. The van der Waals surface area contributed by atoms with Crippen molar-refractivity contribution in [2.75, 3.05) is 0 Å². The van der Waals surface area contributed by atoms with Crippen LogP contribution in [0.1, 0.15) is 0 Å². The van der Waals surface area contributed by atoms with Gasteiger partial charge in [0.2, 0.25) is 0 Å². The smallest absolute Gasteiger partial charge is 0.164 e. The molecule has 5 heteroatoms. The van der Waals surface area contributed by atoms with Crippen molar-refractivity contribution < 1.29 is 4.42 Å². The topological polar surface area (TPSA) is 56.7 Å². The molecule has 0 bridgehead atoms. The molecule has 3 heterocycles.